The fourth-order valence-electron chi connectivity index (χ4n) is 2.57. The molecule has 0 aromatic carbocycles. The number of carbonyl (C=O) groups is 2. The lowest BCUT2D eigenvalue weighted by molar-refractivity contribution is -0.151. The van der Waals surface area contributed by atoms with E-state index in [9.17, 15) is 14.7 Å². The quantitative estimate of drug-likeness (QED) is 0.777. The summed E-state index contributed by atoms with van der Waals surface area (Å²) in [7, 11) is 0. The highest BCUT2D eigenvalue weighted by Gasteiger charge is 2.41. The number of hydrogen-bond acceptors (Lipinski definition) is 3. The van der Waals surface area contributed by atoms with E-state index in [1.807, 2.05) is 20.8 Å². The van der Waals surface area contributed by atoms with Crippen LogP contribution in [0.15, 0.2) is 12.7 Å². The van der Waals surface area contributed by atoms with Gasteiger partial charge >= 0.3 is 12.1 Å². The van der Waals surface area contributed by atoms with E-state index in [1.165, 1.54) is 0 Å². The summed E-state index contributed by atoms with van der Waals surface area (Å²) in [6.07, 6.45) is 4.11. The van der Waals surface area contributed by atoms with Crippen LogP contribution < -0.4 is 5.32 Å². The third-order valence-corrected chi connectivity index (χ3v) is 3.65. The zero-order valence-electron chi connectivity index (χ0n) is 12.6. The van der Waals surface area contributed by atoms with Crippen molar-refractivity contribution in [2.75, 3.05) is 0 Å². The number of rotatable bonds is 4. The number of carboxylic acids is 1. The van der Waals surface area contributed by atoms with E-state index in [4.69, 9.17) is 4.74 Å². The fourth-order valence-corrected chi connectivity index (χ4v) is 2.57. The number of ether oxygens (including phenoxy) is 1. The number of carboxylic acid groups (broad SMARTS) is 1. The van der Waals surface area contributed by atoms with Gasteiger partial charge < -0.3 is 15.2 Å². The normalized spacial score (nSPS) is 26.6. The second kappa shape index (κ2) is 6.29. The van der Waals surface area contributed by atoms with E-state index in [2.05, 4.69) is 11.9 Å². The largest absolute Gasteiger partial charge is 0.481 e. The number of aliphatic carboxylic acids is 1. The van der Waals surface area contributed by atoms with Gasteiger partial charge in [-0.05, 0) is 52.9 Å². The molecular weight excluding hydrogens is 258 g/mol. The first kappa shape index (κ1) is 16.5. The maximum Gasteiger partial charge on any atom is 0.407 e. The van der Waals surface area contributed by atoms with Gasteiger partial charge in [-0.25, -0.2) is 4.79 Å². The zero-order chi connectivity index (χ0) is 15.4. The van der Waals surface area contributed by atoms with Gasteiger partial charge in [-0.2, -0.15) is 0 Å². The molecule has 20 heavy (non-hydrogen) atoms. The molecule has 1 saturated carbocycles. The molecule has 2 N–H and O–H groups in total. The van der Waals surface area contributed by atoms with Crippen LogP contribution in [-0.2, 0) is 9.53 Å². The molecule has 1 aliphatic carbocycles. The van der Waals surface area contributed by atoms with E-state index in [1.54, 1.807) is 6.08 Å². The van der Waals surface area contributed by atoms with Gasteiger partial charge in [0.2, 0.25) is 0 Å². The first-order valence-electron chi connectivity index (χ1n) is 7.02. The van der Waals surface area contributed by atoms with Crippen LogP contribution in [0.4, 0.5) is 4.79 Å². The van der Waals surface area contributed by atoms with Crippen LogP contribution >= 0.6 is 0 Å². The van der Waals surface area contributed by atoms with Crippen LogP contribution in [0.5, 0.6) is 0 Å². The minimum atomic E-state index is -0.770. The zero-order valence-corrected chi connectivity index (χ0v) is 12.6. The SMILES string of the molecule is C=CCC1(C(=O)O)CCC(NC(=O)OC(C)(C)C)CC1. The molecule has 0 radical (unpaired) electrons. The van der Waals surface area contributed by atoms with Gasteiger partial charge in [0.15, 0.2) is 0 Å². The Kier molecular flexibility index (Phi) is 5.20. The van der Waals surface area contributed by atoms with E-state index in [0.717, 1.165) is 0 Å². The molecule has 1 rings (SSSR count). The van der Waals surface area contributed by atoms with Crippen LogP contribution in [0, 0.1) is 5.41 Å². The number of hydrogen-bond donors (Lipinski definition) is 2. The monoisotopic (exact) mass is 283 g/mol. The molecule has 0 heterocycles. The summed E-state index contributed by atoms with van der Waals surface area (Å²) < 4.78 is 5.20. The standard InChI is InChI=1S/C15H25NO4/c1-5-8-15(12(17)18)9-6-11(7-10-15)16-13(19)20-14(2,3)4/h5,11H,1,6-10H2,2-4H3,(H,16,19)(H,17,18). The van der Waals surface area contributed by atoms with Gasteiger partial charge in [0, 0.05) is 6.04 Å². The molecule has 0 atom stereocenters. The molecule has 5 nitrogen and oxygen atoms in total. The molecule has 1 amide bonds. The van der Waals surface area contributed by atoms with Crippen LogP contribution in [0.1, 0.15) is 52.9 Å². The highest BCUT2D eigenvalue weighted by molar-refractivity contribution is 5.75. The minimum absolute atomic E-state index is 0.0119. The lowest BCUT2D eigenvalue weighted by atomic mass is 9.70. The average molecular weight is 283 g/mol. The van der Waals surface area contributed by atoms with Gasteiger partial charge in [-0.15, -0.1) is 6.58 Å². The third-order valence-electron chi connectivity index (χ3n) is 3.65. The number of alkyl carbamates (subject to hydrolysis) is 1. The Labute approximate surface area is 120 Å². The van der Waals surface area contributed by atoms with Crippen molar-refractivity contribution < 1.29 is 19.4 Å². The van der Waals surface area contributed by atoms with Gasteiger partial charge in [0.25, 0.3) is 0 Å². The predicted octanol–water partition coefficient (Wildman–Crippen LogP) is 3.10. The first-order chi connectivity index (χ1) is 9.18. The number of allylic oxidation sites excluding steroid dienone is 1. The summed E-state index contributed by atoms with van der Waals surface area (Å²) in [6.45, 7) is 9.07. The molecule has 0 unspecified atom stereocenters. The maximum atomic E-state index is 11.7. The van der Waals surface area contributed by atoms with Crippen molar-refractivity contribution in [1.29, 1.82) is 0 Å². The van der Waals surface area contributed by atoms with E-state index < -0.39 is 23.1 Å². The summed E-state index contributed by atoms with van der Waals surface area (Å²) in [5.41, 5.74) is -1.24. The van der Waals surface area contributed by atoms with Crippen molar-refractivity contribution in [2.45, 2.75) is 64.5 Å². The maximum absolute atomic E-state index is 11.7. The Hall–Kier alpha value is -1.52. The van der Waals surface area contributed by atoms with Crippen molar-refractivity contribution in [2.24, 2.45) is 5.41 Å². The summed E-state index contributed by atoms with van der Waals surface area (Å²) in [6, 6.07) is -0.0119. The van der Waals surface area contributed by atoms with E-state index in [0.29, 0.717) is 32.1 Å². The molecule has 0 aliphatic heterocycles. The van der Waals surface area contributed by atoms with Crippen molar-refractivity contribution in [3.8, 4) is 0 Å². The Morgan fingerprint density at radius 1 is 1.40 bits per heavy atom. The lowest BCUT2D eigenvalue weighted by Gasteiger charge is -2.36. The number of nitrogens with one attached hydrogen (secondary N) is 1. The van der Waals surface area contributed by atoms with E-state index in [-0.39, 0.29) is 6.04 Å². The molecule has 0 bridgehead atoms. The first-order valence-corrected chi connectivity index (χ1v) is 7.02. The molecule has 1 fully saturated rings. The minimum Gasteiger partial charge on any atom is -0.481 e. The van der Waals surface area contributed by atoms with Crippen molar-refractivity contribution in [3.63, 3.8) is 0 Å². The van der Waals surface area contributed by atoms with Crippen LogP contribution in [0.2, 0.25) is 0 Å². The Morgan fingerprint density at radius 2 is 1.95 bits per heavy atom. The summed E-state index contributed by atoms with van der Waals surface area (Å²) in [4.78, 5) is 23.1. The molecule has 0 aromatic rings. The average Bonchev–Trinajstić information content (AvgIpc) is 2.29. The highest BCUT2D eigenvalue weighted by Crippen LogP contribution is 2.40. The Balaban J connectivity index is 2.51. The van der Waals surface area contributed by atoms with Crippen molar-refractivity contribution in [1.82, 2.24) is 5.32 Å². The molecule has 1 aliphatic rings. The third kappa shape index (κ3) is 4.54. The van der Waals surface area contributed by atoms with Crippen molar-refractivity contribution >= 4 is 12.1 Å². The molecule has 0 aromatic heterocycles. The fraction of sp³-hybridized carbons (Fsp3) is 0.733. The Morgan fingerprint density at radius 3 is 2.35 bits per heavy atom. The number of amides is 1. The molecule has 0 spiro atoms. The van der Waals surface area contributed by atoms with E-state index >= 15 is 0 Å². The number of carbonyl (C=O) groups excluding carboxylic acids is 1. The molecule has 5 heteroatoms. The molecular formula is C15H25NO4. The van der Waals surface area contributed by atoms with Crippen LogP contribution in [0.3, 0.4) is 0 Å². The summed E-state index contributed by atoms with van der Waals surface area (Å²) >= 11 is 0. The Bertz CT molecular complexity index is 376. The highest BCUT2D eigenvalue weighted by atomic mass is 16.6. The van der Waals surface area contributed by atoms with Crippen LogP contribution in [0.25, 0.3) is 0 Å². The van der Waals surface area contributed by atoms with Gasteiger partial charge in [0.1, 0.15) is 5.60 Å². The molecule has 114 valence electrons. The molecule has 0 saturated heterocycles. The van der Waals surface area contributed by atoms with Crippen LogP contribution in [-0.4, -0.2) is 28.8 Å². The second-order valence-electron chi connectivity index (χ2n) is 6.50. The topological polar surface area (TPSA) is 75.6 Å². The summed E-state index contributed by atoms with van der Waals surface area (Å²) in [5.74, 6) is -0.770. The van der Waals surface area contributed by atoms with Gasteiger partial charge in [-0.1, -0.05) is 6.08 Å². The second-order valence-corrected chi connectivity index (χ2v) is 6.50. The smallest absolute Gasteiger partial charge is 0.407 e. The predicted molar refractivity (Wildman–Crippen MR) is 76.5 cm³/mol. The summed E-state index contributed by atoms with van der Waals surface area (Å²) in [5, 5.41) is 12.2. The van der Waals surface area contributed by atoms with Crippen molar-refractivity contribution in [3.05, 3.63) is 12.7 Å². The van der Waals surface area contributed by atoms with Gasteiger partial charge in [0.05, 0.1) is 5.41 Å². The lowest BCUT2D eigenvalue weighted by Crippen LogP contribution is -2.44. The van der Waals surface area contributed by atoms with Gasteiger partial charge in [-0.3, -0.25) is 4.79 Å².